The molecule has 50 heavy (non-hydrogen) atoms. The Morgan fingerprint density at radius 2 is 1.10 bits per heavy atom. The molecule has 9 heteroatoms. The van der Waals surface area contributed by atoms with Gasteiger partial charge in [0.15, 0.2) is 0 Å². The molecule has 0 heterocycles. The Bertz CT molecular complexity index is 917. The van der Waals surface area contributed by atoms with Crippen molar-refractivity contribution < 1.29 is 32.9 Å². The second-order valence-electron chi connectivity index (χ2n) is 15.0. The fourth-order valence-electron chi connectivity index (χ4n) is 5.52. The molecule has 0 aliphatic heterocycles. The molecule has 0 aromatic heterocycles. The average Bonchev–Trinajstić information content (AvgIpc) is 3.06. The first kappa shape index (κ1) is 48.7. The zero-order valence-electron chi connectivity index (χ0n) is 33.1. The Kier molecular flexibility index (Phi) is 32.7. The van der Waals surface area contributed by atoms with Crippen LogP contribution in [-0.2, 0) is 18.4 Å². The van der Waals surface area contributed by atoms with E-state index >= 15 is 0 Å². The van der Waals surface area contributed by atoms with Crippen molar-refractivity contribution in [3.8, 4) is 0 Å². The number of aliphatic hydroxyl groups is 1. The minimum absolute atomic E-state index is 0.0543. The summed E-state index contributed by atoms with van der Waals surface area (Å²) >= 11 is 0. The van der Waals surface area contributed by atoms with E-state index in [1.54, 1.807) is 6.08 Å². The van der Waals surface area contributed by atoms with Crippen LogP contribution in [0.1, 0.15) is 168 Å². The minimum Gasteiger partial charge on any atom is -0.387 e. The van der Waals surface area contributed by atoms with Crippen molar-refractivity contribution in [2.45, 2.75) is 180 Å². The Hall–Kier alpha value is -1.28. The third kappa shape index (κ3) is 35.1. The normalized spacial score (nSPS) is 14.9. The fraction of sp³-hybridized carbons (Fsp3) is 0.829. The van der Waals surface area contributed by atoms with Crippen LogP contribution in [0.25, 0.3) is 0 Å². The van der Waals surface area contributed by atoms with Gasteiger partial charge in [0.05, 0.1) is 39.9 Å². The van der Waals surface area contributed by atoms with E-state index in [-0.39, 0.29) is 19.1 Å². The summed E-state index contributed by atoms with van der Waals surface area (Å²) in [6.45, 7) is 4.74. The molecule has 3 unspecified atom stereocenters. The van der Waals surface area contributed by atoms with Gasteiger partial charge in [0, 0.05) is 6.42 Å². The Balaban J connectivity index is 4.56. The first-order valence-electron chi connectivity index (χ1n) is 20.4. The second-order valence-corrected chi connectivity index (χ2v) is 16.5. The number of rotatable bonds is 36. The first-order chi connectivity index (χ1) is 24.0. The van der Waals surface area contributed by atoms with Gasteiger partial charge in [-0.3, -0.25) is 13.8 Å². The van der Waals surface area contributed by atoms with Crippen LogP contribution in [0, 0.1) is 0 Å². The second kappa shape index (κ2) is 33.5. The predicted molar refractivity (Wildman–Crippen MR) is 212 cm³/mol. The molecular weight excluding hydrogens is 647 g/mol. The van der Waals surface area contributed by atoms with Gasteiger partial charge < -0.3 is 19.8 Å². The molecule has 0 bridgehead atoms. The lowest BCUT2D eigenvalue weighted by Gasteiger charge is -2.25. The van der Waals surface area contributed by atoms with Gasteiger partial charge >= 0.3 is 7.82 Å². The molecule has 294 valence electrons. The molecule has 8 nitrogen and oxygen atoms in total. The van der Waals surface area contributed by atoms with E-state index in [1.165, 1.54) is 96.3 Å². The van der Waals surface area contributed by atoms with Gasteiger partial charge in [0.25, 0.3) is 0 Å². The van der Waals surface area contributed by atoms with E-state index in [0.29, 0.717) is 17.4 Å². The number of hydrogen-bond donors (Lipinski definition) is 3. The highest BCUT2D eigenvalue weighted by Crippen LogP contribution is 2.43. The number of aliphatic hydroxyl groups excluding tert-OH is 1. The first-order valence-corrected chi connectivity index (χ1v) is 21.9. The van der Waals surface area contributed by atoms with Crippen LogP contribution < -0.4 is 5.32 Å². The van der Waals surface area contributed by atoms with E-state index in [1.807, 2.05) is 27.2 Å². The van der Waals surface area contributed by atoms with Crippen molar-refractivity contribution in [3.05, 3.63) is 36.5 Å². The van der Waals surface area contributed by atoms with Gasteiger partial charge in [-0.2, -0.15) is 0 Å². The van der Waals surface area contributed by atoms with Crippen molar-refractivity contribution >= 4 is 13.7 Å². The smallest absolute Gasteiger partial charge is 0.387 e. The molecule has 3 N–H and O–H groups in total. The molecule has 0 spiro atoms. The monoisotopic (exact) mass is 728 g/mol. The summed E-state index contributed by atoms with van der Waals surface area (Å²) in [5.74, 6) is -0.199. The zero-order chi connectivity index (χ0) is 37.2. The summed E-state index contributed by atoms with van der Waals surface area (Å²) in [7, 11) is 1.54. The summed E-state index contributed by atoms with van der Waals surface area (Å²) in [6.07, 6.45) is 39.2. The number of carbonyl (C=O) groups excluding carboxylic acids is 1. The van der Waals surface area contributed by atoms with E-state index in [0.717, 1.165) is 51.4 Å². The third-order valence-electron chi connectivity index (χ3n) is 8.83. The molecule has 0 fully saturated rings. The van der Waals surface area contributed by atoms with Crippen LogP contribution in [0.5, 0.6) is 0 Å². The summed E-state index contributed by atoms with van der Waals surface area (Å²) in [5.41, 5.74) is 0. The highest BCUT2D eigenvalue weighted by atomic mass is 31.2. The van der Waals surface area contributed by atoms with Gasteiger partial charge in [-0.15, -0.1) is 0 Å². The summed E-state index contributed by atoms with van der Waals surface area (Å²) in [5, 5.41) is 13.7. The Morgan fingerprint density at radius 1 is 0.660 bits per heavy atom. The van der Waals surface area contributed by atoms with E-state index in [9.17, 15) is 19.4 Å². The van der Waals surface area contributed by atoms with E-state index in [4.69, 9.17) is 9.05 Å². The summed E-state index contributed by atoms with van der Waals surface area (Å²) in [6, 6.07) is -0.864. The van der Waals surface area contributed by atoms with Crippen LogP contribution >= 0.6 is 7.82 Å². The number of nitrogens with zero attached hydrogens (tertiary/aromatic N) is 1. The van der Waals surface area contributed by atoms with Gasteiger partial charge in [-0.25, -0.2) is 4.57 Å². The van der Waals surface area contributed by atoms with Crippen molar-refractivity contribution in [3.63, 3.8) is 0 Å². The molecule has 1 amide bonds. The molecule has 0 saturated carbocycles. The van der Waals surface area contributed by atoms with Crippen LogP contribution in [0.2, 0.25) is 0 Å². The largest absolute Gasteiger partial charge is 0.472 e. The lowest BCUT2D eigenvalue weighted by atomic mass is 10.1. The quantitative estimate of drug-likeness (QED) is 0.0257. The van der Waals surface area contributed by atoms with Crippen molar-refractivity contribution in [2.75, 3.05) is 40.9 Å². The highest BCUT2D eigenvalue weighted by Gasteiger charge is 2.27. The van der Waals surface area contributed by atoms with Crippen LogP contribution in [-0.4, -0.2) is 73.4 Å². The molecule has 3 atom stereocenters. The summed E-state index contributed by atoms with van der Waals surface area (Å²) in [4.78, 5) is 23.0. The Labute approximate surface area is 308 Å². The maximum absolute atomic E-state index is 12.8. The van der Waals surface area contributed by atoms with Crippen molar-refractivity contribution in [2.24, 2.45) is 0 Å². The lowest BCUT2D eigenvalue weighted by Crippen LogP contribution is -2.45. The van der Waals surface area contributed by atoms with Gasteiger partial charge in [0.1, 0.15) is 13.2 Å². The highest BCUT2D eigenvalue weighted by molar-refractivity contribution is 7.47. The number of hydrogen-bond acceptors (Lipinski definition) is 5. The van der Waals surface area contributed by atoms with E-state index in [2.05, 4.69) is 43.5 Å². The average molecular weight is 728 g/mol. The molecular formula is C41H80N2O6P+. The van der Waals surface area contributed by atoms with Crippen LogP contribution in [0.3, 0.4) is 0 Å². The number of phosphoric acid groups is 1. The van der Waals surface area contributed by atoms with Gasteiger partial charge in [-0.05, 0) is 57.8 Å². The van der Waals surface area contributed by atoms with Crippen molar-refractivity contribution in [1.29, 1.82) is 0 Å². The number of unbranched alkanes of at least 4 members (excludes halogenated alkanes) is 19. The maximum atomic E-state index is 12.8. The molecule has 0 aliphatic carbocycles. The standard InChI is InChI=1S/C41H79N2O6P/c1-6-8-10-12-14-16-18-20-21-22-23-24-26-28-30-32-34-40(44)39(38-49-50(46,47)48-37-36-43(3,4)5)42-41(45)35-33-31-29-27-25-19-17-15-13-11-9-7-2/h15,17,24,26,32,34,39-40,44H,6-14,16,18-23,25,27-31,33,35-38H2,1-5H3,(H-,42,45,46,47)/p+1/b17-15-,26-24+,34-32+. The Morgan fingerprint density at radius 3 is 1.64 bits per heavy atom. The van der Waals surface area contributed by atoms with Crippen LogP contribution in [0.4, 0.5) is 0 Å². The topological polar surface area (TPSA) is 105 Å². The van der Waals surface area contributed by atoms with E-state index < -0.39 is 20.0 Å². The molecule has 0 aromatic carbocycles. The number of amides is 1. The minimum atomic E-state index is -4.34. The number of quaternary nitrogens is 1. The summed E-state index contributed by atoms with van der Waals surface area (Å²) < 4.78 is 23.5. The SMILES string of the molecule is CCCCC/C=C\CCCCCCCC(=O)NC(COP(=O)(O)OCC[N+](C)(C)C)C(O)/C=C/CC/C=C/CCCCCCCCCCCC. The lowest BCUT2D eigenvalue weighted by molar-refractivity contribution is -0.870. The molecule has 0 aromatic rings. The molecule has 0 rings (SSSR count). The zero-order valence-corrected chi connectivity index (χ0v) is 34.0. The maximum Gasteiger partial charge on any atom is 0.472 e. The molecule has 0 saturated heterocycles. The number of likely N-dealkylation sites (N-methyl/N-ethyl adjacent to an activating group) is 1. The van der Waals surface area contributed by atoms with Crippen molar-refractivity contribution in [1.82, 2.24) is 5.32 Å². The number of allylic oxidation sites excluding steroid dienone is 5. The van der Waals surface area contributed by atoms with Gasteiger partial charge in [0.2, 0.25) is 5.91 Å². The number of nitrogens with one attached hydrogen (secondary N) is 1. The number of phosphoric ester groups is 1. The predicted octanol–water partition coefficient (Wildman–Crippen LogP) is 10.7. The van der Waals surface area contributed by atoms with Gasteiger partial charge in [-0.1, -0.05) is 140 Å². The van der Waals surface area contributed by atoms with Crippen LogP contribution in [0.15, 0.2) is 36.5 Å². The molecule has 0 radical (unpaired) electrons. The molecule has 0 aliphatic rings. The number of carbonyl (C=O) groups is 1. The third-order valence-corrected chi connectivity index (χ3v) is 9.82. The fourth-order valence-corrected chi connectivity index (χ4v) is 6.26.